The molecule has 2 N–H and O–H groups in total. The van der Waals surface area contributed by atoms with Crippen LogP contribution in [0.2, 0.25) is 0 Å². The zero-order chi connectivity index (χ0) is 13.2. The Kier molecular flexibility index (Phi) is 3.91. The van der Waals surface area contributed by atoms with Crippen LogP contribution in [0.5, 0.6) is 0 Å². The molecule has 0 heterocycles. The molecular formula is C17H25N. The van der Waals surface area contributed by atoms with Crippen molar-refractivity contribution in [3.8, 4) is 0 Å². The Morgan fingerprint density at radius 1 is 1.39 bits per heavy atom. The van der Waals surface area contributed by atoms with Crippen molar-refractivity contribution >= 4 is 0 Å². The van der Waals surface area contributed by atoms with Gasteiger partial charge in [-0.2, -0.15) is 0 Å². The van der Waals surface area contributed by atoms with E-state index in [0.717, 1.165) is 6.42 Å². The normalized spacial score (nSPS) is 32.2. The molecule has 0 saturated heterocycles. The summed E-state index contributed by atoms with van der Waals surface area (Å²) in [6, 6.07) is 9.07. The fourth-order valence-electron chi connectivity index (χ4n) is 3.27. The molecule has 0 amide bonds. The molecule has 98 valence electrons. The zero-order valence-electron chi connectivity index (χ0n) is 11.7. The van der Waals surface area contributed by atoms with E-state index in [0.29, 0.717) is 5.92 Å². The molecule has 3 unspecified atom stereocenters. The van der Waals surface area contributed by atoms with E-state index < -0.39 is 0 Å². The number of hydrogen-bond acceptors (Lipinski definition) is 1. The van der Waals surface area contributed by atoms with Crippen molar-refractivity contribution in [2.24, 2.45) is 17.1 Å². The van der Waals surface area contributed by atoms with E-state index in [1.54, 1.807) is 0 Å². The minimum absolute atomic E-state index is 0.0902. The molecule has 3 atom stereocenters. The first kappa shape index (κ1) is 13.4. The average Bonchev–Trinajstić information content (AvgIpc) is 2.38. The Labute approximate surface area is 111 Å². The van der Waals surface area contributed by atoms with Gasteiger partial charge in [-0.1, -0.05) is 49.2 Å². The molecule has 0 radical (unpaired) electrons. The highest BCUT2D eigenvalue weighted by molar-refractivity contribution is 5.24. The van der Waals surface area contributed by atoms with E-state index in [2.05, 4.69) is 50.8 Å². The first-order valence-corrected chi connectivity index (χ1v) is 7.02. The molecule has 0 aliphatic heterocycles. The smallest absolute Gasteiger partial charge is 0.0159 e. The molecule has 18 heavy (non-hydrogen) atoms. The molecule has 0 aromatic heterocycles. The highest BCUT2D eigenvalue weighted by Gasteiger charge is 2.39. The maximum Gasteiger partial charge on any atom is 0.0159 e. The molecule has 2 rings (SSSR count). The third-order valence-electron chi connectivity index (χ3n) is 4.64. The second kappa shape index (κ2) is 5.27. The van der Waals surface area contributed by atoms with Gasteiger partial charge in [0.05, 0.1) is 0 Å². The molecule has 1 nitrogen and oxygen atoms in total. The molecule has 0 bridgehead atoms. The van der Waals surface area contributed by atoms with Gasteiger partial charge in [0.15, 0.2) is 0 Å². The Hall–Kier alpha value is -1.08. The minimum atomic E-state index is 0.0902. The van der Waals surface area contributed by atoms with Gasteiger partial charge >= 0.3 is 0 Å². The second-order valence-electron chi connectivity index (χ2n) is 5.99. The summed E-state index contributed by atoms with van der Waals surface area (Å²) in [6.45, 7) is 8.48. The minimum Gasteiger partial charge on any atom is -0.327 e. The Bertz CT molecular complexity index is 406. The summed E-state index contributed by atoms with van der Waals surface area (Å²) in [6.07, 6.45) is 6.85. The summed E-state index contributed by atoms with van der Waals surface area (Å²) in [5.74, 6) is 0.599. The van der Waals surface area contributed by atoms with Gasteiger partial charge in [-0.3, -0.25) is 0 Å². The van der Waals surface area contributed by atoms with Crippen LogP contribution in [0.15, 0.2) is 36.9 Å². The molecule has 1 fully saturated rings. The van der Waals surface area contributed by atoms with Crippen LogP contribution in [0.4, 0.5) is 0 Å². The van der Waals surface area contributed by atoms with Gasteiger partial charge in [-0.05, 0) is 37.7 Å². The van der Waals surface area contributed by atoms with Crippen molar-refractivity contribution in [1.29, 1.82) is 0 Å². The Morgan fingerprint density at radius 2 is 2.06 bits per heavy atom. The Balaban J connectivity index is 2.22. The molecule has 1 heteroatoms. The lowest BCUT2D eigenvalue weighted by Gasteiger charge is -2.44. The summed E-state index contributed by atoms with van der Waals surface area (Å²) in [7, 11) is 0. The lowest BCUT2D eigenvalue weighted by Crippen LogP contribution is -2.48. The maximum atomic E-state index is 6.47. The largest absolute Gasteiger partial charge is 0.327 e. The number of hydrogen-bond donors (Lipinski definition) is 1. The predicted molar refractivity (Wildman–Crippen MR) is 78.5 cm³/mol. The van der Waals surface area contributed by atoms with Gasteiger partial charge in [0.2, 0.25) is 0 Å². The highest BCUT2D eigenvalue weighted by Crippen LogP contribution is 2.42. The zero-order valence-corrected chi connectivity index (χ0v) is 11.7. The van der Waals surface area contributed by atoms with Crippen LogP contribution in [-0.4, -0.2) is 6.04 Å². The lowest BCUT2D eigenvalue weighted by atomic mass is 9.64. The summed E-state index contributed by atoms with van der Waals surface area (Å²) in [5.41, 5.74) is 9.26. The maximum absolute atomic E-state index is 6.47. The van der Waals surface area contributed by atoms with Crippen molar-refractivity contribution in [3.05, 3.63) is 48.0 Å². The fraction of sp³-hybridized carbons (Fsp3) is 0.529. The molecular weight excluding hydrogens is 218 g/mol. The summed E-state index contributed by atoms with van der Waals surface area (Å²) in [5, 5.41) is 0. The van der Waals surface area contributed by atoms with Crippen LogP contribution in [0, 0.1) is 18.3 Å². The molecule has 1 aliphatic rings. The standard InChI is InChI=1S/C17H25N/c1-4-17(11-5-6-14(3)16(17)18)12-15-9-7-13(2)8-10-15/h4,7-10,14,16H,1,5-6,11-12,18H2,2-3H3. The molecule has 1 aliphatic carbocycles. The van der Waals surface area contributed by atoms with E-state index in [1.165, 1.54) is 30.4 Å². The van der Waals surface area contributed by atoms with E-state index >= 15 is 0 Å². The van der Waals surface area contributed by atoms with Crippen molar-refractivity contribution < 1.29 is 0 Å². The Morgan fingerprint density at radius 3 is 2.67 bits per heavy atom. The summed E-state index contributed by atoms with van der Waals surface area (Å²) < 4.78 is 0. The topological polar surface area (TPSA) is 26.0 Å². The van der Waals surface area contributed by atoms with Gasteiger partial charge in [0.1, 0.15) is 0 Å². The van der Waals surface area contributed by atoms with E-state index in [-0.39, 0.29) is 11.5 Å². The van der Waals surface area contributed by atoms with E-state index in [1.807, 2.05) is 0 Å². The van der Waals surface area contributed by atoms with Gasteiger partial charge in [0.25, 0.3) is 0 Å². The molecule has 1 saturated carbocycles. The summed E-state index contributed by atoms with van der Waals surface area (Å²) >= 11 is 0. The SMILES string of the molecule is C=CC1(Cc2ccc(C)cc2)CCCC(C)C1N. The van der Waals surface area contributed by atoms with Gasteiger partial charge in [0, 0.05) is 11.5 Å². The second-order valence-corrected chi connectivity index (χ2v) is 5.99. The van der Waals surface area contributed by atoms with Crippen LogP contribution in [0.1, 0.15) is 37.3 Å². The number of aryl methyl sites for hydroxylation is 1. The first-order valence-electron chi connectivity index (χ1n) is 7.02. The predicted octanol–water partition coefficient (Wildman–Crippen LogP) is 3.86. The lowest BCUT2D eigenvalue weighted by molar-refractivity contribution is 0.159. The third kappa shape index (κ3) is 2.51. The molecule has 1 aromatic rings. The van der Waals surface area contributed by atoms with Crippen molar-refractivity contribution in [1.82, 2.24) is 0 Å². The third-order valence-corrected chi connectivity index (χ3v) is 4.64. The van der Waals surface area contributed by atoms with Crippen LogP contribution >= 0.6 is 0 Å². The van der Waals surface area contributed by atoms with E-state index in [4.69, 9.17) is 5.73 Å². The van der Waals surface area contributed by atoms with Gasteiger partial charge < -0.3 is 5.73 Å². The number of rotatable bonds is 3. The average molecular weight is 243 g/mol. The highest BCUT2D eigenvalue weighted by atomic mass is 14.7. The van der Waals surface area contributed by atoms with Crippen molar-refractivity contribution in [2.45, 2.75) is 45.6 Å². The summed E-state index contributed by atoms with van der Waals surface area (Å²) in [4.78, 5) is 0. The van der Waals surface area contributed by atoms with Crippen LogP contribution < -0.4 is 5.73 Å². The number of nitrogens with two attached hydrogens (primary N) is 1. The fourth-order valence-corrected chi connectivity index (χ4v) is 3.27. The monoisotopic (exact) mass is 243 g/mol. The van der Waals surface area contributed by atoms with Crippen LogP contribution in [0.25, 0.3) is 0 Å². The quantitative estimate of drug-likeness (QED) is 0.802. The molecule has 1 aromatic carbocycles. The van der Waals surface area contributed by atoms with Gasteiger partial charge in [-0.15, -0.1) is 6.58 Å². The van der Waals surface area contributed by atoms with Crippen LogP contribution in [0.3, 0.4) is 0 Å². The van der Waals surface area contributed by atoms with E-state index in [9.17, 15) is 0 Å². The molecule has 0 spiro atoms. The number of benzene rings is 1. The van der Waals surface area contributed by atoms with Crippen molar-refractivity contribution in [3.63, 3.8) is 0 Å². The van der Waals surface area contributed by atoms with Crippen LogP contribution in [-0.2, 0) is 6.42 Å². The first-order chi connectivity index (χ1) is 8.57. The van der Waals surface area contributed by atoms with Crippen molar-refractivity contribution in [2.75, 3.05) is 0 Å². The van der Waals surface area contributed by atoms with Gasteiger partial charge in [-0.25, -0.2) is 0 Å².